The molecule has 1 saturated carbocycles. The predicted molar refractivity (Wildman–Crippen MR) is 129 cm³/mol. The van der Waals surface area contributed by atoms with Crippen molar-refractivity contribution in [2.45, 2.75) is 50.2 Å². The molecule has 1 aromatic heterocycles. The summed E-state index contributed by atoms with van der Waals surface area (Å²) in [4.78, 5) is 18.5. The van der Waals surface area contributed by atoms with Gasteiger partial charge in [-0.25, -0.2) is 8.42 Å². The third kappa shape index (κ3) is 5.26. The number of likely N-dealkylation sites (N-methyl/N-ethyl adjacent to an activating group) is 1. The summed E-state index contributed by atoms with van der Waals surface area (Å²) in [7, 11) is -2.13. The van der Waals surface area contributed by atoms with Crippen molar-refractivity contribution >= 4 is 15.9 Å². The Kier molecular flexibility index (Phi) is 7.25. The van der Waals surface area contributed by atoms with Gasteiger partial charge in [0.25, 0.3) is 0 Å². The molecule has 1 N–H and O–H groups in total. The molecule has 2 heterocycles. The summed E-state index contributed by atoms with van der Waals surface area (Å²) in [5.41, 5.74) is 1.70. The zero-order valence-corrected chi connectivity index (χ0v) is 20.7. The Labute approximate surface area is 201 Å². The van der Waals surface area contributed by atoms with E-state index in [-0.39, 0.29) is 35.6 Å². The molecular weight excluding hydrogens is 454 g/mol. The summed E-state index contributed by atoms with van der Waals surface area (Å²) in [6, 6.07) is 8.16. The van der Waals surface area contributed by atoms with Crippen LogP contribution >= 0.6 is 0 Å². The molecule has 1 aromatic carbocycles. The maximum Gasteiger partial charge on any atom is 0.247 e. The van der Waals surface area contributed by atoms with Gasteiger partial charge < -0.3 is 14.7 Å². The van der Waals surface area contributed by atoms with E-state index in [2.05, 4.69) is 4.98 Å². The summed E-state index contributed by atoms with van der Waals surface area (Å²) in [6.45, 7) is 3.87. The molecule has 0 bridgehead atoms. The second-order valence-corrected chi connectivity index (χ2v) is 11.4. The highest BCUT2D eigenvalue weighted by molar-refractivity contribution is 7.89. The number of aliphatic hydroxyl groups is 1. The Bertz CT molecular complexity index is 1120. The summed E-state index contributed by atoms with van der Waals surface area (Å²) in [5.74, 6) is 0.612. The maximum atomic E-state index is 13.6. The minimum absolute atomic E-state index is 0.0643. The van der Waals surface area contributed by atoms with E-state index in [0.29, 0.717) is 18.9 Å². The topological polar surface area (TPSA) is 100 Å². The van der Waals surface area contributed by atoms with Crippen LogP contribution in [-0.2, 0) is 14.8 Å². The van der Waals surface area contributed by atoms with E-state index in [1.165, 1.54) is 4.31 Å². The molecule has 2 aliphatic rings. The highest BCUT2D eigenvalue weighted by Gasteiger charge is 2.38. The van der Waals surface area contributed by atoms with Gasteiger partial charge in [0.15, 0.2) is 0 Å². The van der Waals surface area contributed by atoms with Crippen LogP contribution in [0.3, 0.4) is 0 Å². The number of hydrogen-bond donors (Lipinski definition) is 1. The van der Waals surface area contributed by atoms with Crippen LogP contribution in [0.4, 0.5) is 0 Å². The van der Waals surface area contributed by atoms with Gasteiger partial charge in [-0.2, -0.15) is 4.31 Å². The number of carbonyl (C=O) groups excluding carboxylic acids is 1. The Morgan fingerprint density at radius 3 is 2.59 bits per heavy atom. The van der Waals surface area contributed by atoms with E-state index in [9.17, 15) is 18.3 Å². The number of hydrogen-bond acceptors (Lipinski definition) is 6. The maximum absolute atomic E-state index is 13.6. The van der Waals surface area contributed by atoms with Gasteiger partial charge in [-0.1, -0.05) is 13.0 Å². The van der Waals surface area contributed by atoms with Gasteiger partial charge in [-0.3, -0.25) is 9.78 Å². The lowest BCUT2D eigenvalue weighted by atomic mass is 10.0. The van der Waals surface area contributed by atoms with Crippen molar-refractivity contribution in [1.82, 2.24) is 14.2 Å². The second-order valence-electron chi connectivity index (χ2n) is 9.56. The zero-order valence-electron chi connectivity index (χ0n) is 19.9. The SMILES string of the molecule is C[C@@H]1CN([C@@H](C)CO)S(=O)(=O)c2ccc(-c3ccncc3)cc2O[C@H]1CN(C)C(=O)CC1CC1. The molecule has 9 heteroatoms. The van der Waals surface area contributed by atoms with Crippen molar-refractivity contribution in [1.29, 1.82) is 0 Å². The number of benzene rings is 1. The van der Waals surface area contributed by atoms with E-state index in [0.717, 1.165) is 24.0 Å². The molecule has 1 aliphatic carbocycles. The Balaban J connectivity index is 1.72. The lowest BCUT2D eigenvalue weighted by Gasteiger charge is -2.37. The highest BCUT2D eigenvalue weighted by Crippen LogP contribution is 2.37. The number of fused-ring (bicyclic) bond motifs is 1. The number of nitrogens with zero attached hydrogens (tertiary/aromatic N) is 3. The van der Waals surface area contributed by atoms with E-state index in [1.807, 2.05) is 19.1 Å². The minimum atomic E-state index is -3.91. The van der Waals surface area contributed by atoms with Crippen LogP contribution in [0.15, 0.2) is 47.6 Å². The quantitative estimate of drug-likeness (QED) is 0.645. The Morgan fingerprint density at radius 2 is 1.94 bits per heavy atom. The van der Waals surface area contributed by atoms with Gasteiger partial charge in [-0.15, -0.1) is 0 Å². The lowest BCUT2D eigenvalue weighted by Crippen LogP contribution is -2.50. The number of aromatic nitrogens is 1. The van der Waals surface area contributed by atoms with Gasteiger partial charge in [-0.05, 0) is 61.1 Å². The van der Waals surface area contributed by atoms with Gasteiger partial charge in [0.05, 0.1) is 13.2 Å². The fourth-order valence-corrected chi connectivity index (χ4v) is 6.09. The van der Waals surface area contributed by atoms with Crippen molar-refractivity contribution in [2.75, 3.05) is 26.7 Å². The van der Waals surface area contributed by atoms with E-state index < -0.39 is 22.2 Å². The van der Waals surface area contributed by atoms with Gasteiger partial charge in [0.2, 0.25) is 15.9 Å². The first kappa shape index (κ1) is 24.6. The van der Waals surface area contributed by atoms with Crippen LogP contribution in [0.2, 0.25) is 0 Å². The monoisotopic (exact) mass is 487 g/mol. The number of rotatable bonds is 7. The molecule has 2 aromatic rings. The fourth-order valence-electron chi connectivity index (χ4n) is 4.26. The zero-order chi connectivity index (χ0) is 24.5. The Hall–Kier alpha value is -2.49. The summed E-state index contributed by atoms with van der Waals surface area (Å²) in [5, 5.41) is 9.79. The highest BCUT2D eigenvalue weighted by atomic mass is 32.2. The van der Waals surface area contributed by atoms with Gasteiger partial charge in [0.1, 0.15) is 16.7 Å². The first-order chi connectivity index (χ1) is 16.2. The van der Waals surface area contributed by atoms with Crippen LogP contribution in [0.5, 0.6) is 5.75 Å². The van der Waals surface area contributed by atoms with Gasteiger partial charge >= 0.3 is 0 Å². The van der Waals surface area contributed by atoms with E-state index in [4.69, 9.17) is 4.74 Å². The van der Waals surface area contributed by atoms with Crippen molar-refractivity contribution in [2.24, 2.45) is 11.8 Å². The molecule has 3 atom stereocenters. The third-order valence-electron chi connectivity index (χ3n) is 6.72. The van der Waals surface area contributed by atoms with Crippen LogP contribution in [0.25, 0.3) is 11.1 Å². The van der Waals surface area contributed by atoms with Crippen LogP contribution in [-0.4, -0.2) is 72.5 Å². The first-order valence-electron chi connectivity index (χ1n) is 11.8. The molecule has 0 spiro atoms. The minimum Gasteiger partial charge on any atom is -0.487 e. The number of carbonyl (C=O) groups is 1. The molecule has 1 aliphatic heterocycles. The molecule has 0 saturated heterocycles. The number of sulfonamides is 1. The average Bonchev–Trinajstić information content (AvgIpc) is 3.65. The number of pyridine rings is 1. The summed E-state index contributed by atoms with van der Waals surface area (Å²) >= 11 is 0. The normalized spacial score (nSPS) is 23.2. The van der Waals surface area contributed by atoms with Crippen molar-refractivity contribution in [3.05, 3.63) is 42.7 Å². The molecule has 8 nitrogen and oxygen atoms in total. The molecule has 1 amide bonds. The molecule has 34 heavy (non-hydrogen) atoms. The van der Waals surface area contributed by atoms with Crippen molar-refractivity contribution < 1.29 is 23.1 Å². The van der Waals surface area contributed by atoms with Crippen LogP contribution in [0, 0.1) is 11.8 Å². The van der Waals surface area contributed by atoms with Crippen molar-refractivity contribution in [3.8, 4) is 16.9 Å². The fraction of sp³-hybridized carbons (Fsp3) is 0.520. The van der Waals surface area contributed by atoms with Crippen LogP contribution < -0.4 is 4.74 Å². The largest absolute Gasteiger partial charge is 0.487 e. The lowest BCUT2D eigenvalue weighted by molar-refractivity contribution is -0.131. The molecule has 4 rings (SSSR count). The first-order valence-corrected chi connectivity index (χ1v) is 13.2. The van der Waals surface area contributed by atoms with Crippen LogP contribution in [0.1, 0.15) is 33.1 Å². The van der Waals surface area contributed by atoms with Crippen molar-refractivity contribution in [3.63, 3.8) is 0 Å². The number of amides is 1. The standard InChI is InChI=1S/C25H33N3O5S/c1-17-14-28(18(2)16-29)34(31,32)24-7-6-21(20-8-10-26-11-9-20)13-22(24)33-23(17)15-27(3)25(30)12-19-4-5-19/h6-11,13,17-19,23,29H,4-5,12,14-16H2,1-3H3/t17-,18+,23+/m1/s1. The molecule has 1 fully saturated rings. The third-order valence-corrected chi connectivity index (χ3v) is 8.74. The molecule has 0 unspecified atom stereocenters. The number of aliphatic hydroxyl groups excluding tert-OH is 1. The molecule has 0 radical (unpaired) electrons. The Morgan fingerprint density at radius 1 is 1.24 bits per heavy atom. The number of ether oxygens (including phenoxy) is 1. The smallest absolute Gasteiger partial charge is 0.247 e. The summed E-state index contributed by atoms with van der Waals surface area (Å²) < 4.78 is 34.9. The van der Waals surface area contributed by atoms with Gasteiger partial charge in [0, 0.05) is 44.4 Å². The van der Waals surface area contributed by atoms with E-state index >= 15 is 0 Å². The molecule has 184 valence electrons. The predicted octanol–water partition coefficient (Wildman–Crippen LogP) is 2.78. The average molecular weight is 488 g/mol. The second kappa shape index (κ2) is 10.0. The molecular formula is C25H33N3O5S. The summed E-state index contributed by atoms with van der Waals surface area (Å²) in [6.07, 6.45) is 5.70. The van der Waals surface area contributed by atoms with E-state index in [1.54, 1.807) is 49.5 Å².